The van der Waals surface area contributed by atoms with E-state index in [9.17, 15) is 14.4 Å². The quantitative estimate of drug-likeness (QED) is 0.599. The molecule has 1 saturated heterocycles. The van der Waals surface area contributed by atoms with Crippen molar-refractivity contribution < 1.29 is 23.9 Å². The minimum absolute atomic E-state index is 0.0646. The molecule has 0 radical (unpaired) electrons. The van der Waals surface area contributed by atoms with E-state index >= 15 is 0 Å². The van der Waals surface area contributed by atoms with Crippen LogP contribution < -0.4 is 21.1 Å². The molecule has 1 aromatic rings. The topological polar surface area (TPSA) is 135 Å². The van der Waals surface area contributed by atoms with E-state index in [1.54, 1.807) is 18.2 Å². The van der Waals surface area contributed by atoms with Crippen LogP contribution in [-0.4, -0.2) is 59.9 Å². The second-order valence-electron chi connectivity index (χ2n) is 7.83. The summed E-state index contributed by atoms with van der Waals surface area (Å²) in [5, 5.41) is 4.96. The molecule has 10 heteroatoms. The SMILES string of the molecule is COc1ccc2c(c1)C(=O)N(C[C@@]1(C3=CC4N=C(N)CCC4O3)NC(=O)NC1=O)C2. The van der Waals surface area contributed by atoms with Crippen molar-refractivity contribution in [3.8, 4) is 5.75 Å². The minimum atomic E-state index is -1.51. The summed E-state index contributed by atoms with van der Waals surface area (Å²) < 4.78 is 11.3. The predicted molar refractivity (Wildman–Crippen MR) is 105 cm³/mol. The standard InChI is InChI=1S/C20H21N5O5/c1-29-11-3-2-10-8-25(17(26)12(10)6-11)9-20(18(27)23-19(28)24-20)15-7-13-14(30-15)4-5-16(21)22-13/h2-3,6-7,13-14H,4-5,8-9H2,1H3,(H2,21,22)(H2,23,24,27,28)/t13?,14?,20-/m0/s1. The number of rotatable bonds is 4. The predicted octanol–water partition coefficient (Wildman–Crippen LogP) is 0.0315. The van der Waals surface area contributed by atoms with Crippen LogP contribution in [0.3, 0.4) is 0 Å². The van der Waals surface area contributed by atoms with Crippen LogP contribution in [-0.2, 0) is 16.1 Å². The molecule has 2 unspecified atom stereocenters. The first-order chi connectivity index (χ1) is 14.4. The number of carbonyl (C=O) groups excluding carboxylic acids is 3. The van der Waals surface area contributed by atoms with Gasteiger partial charge in [0.1, 0.15) is 23.7 Å². The molecule has 0 aromatic heterocycles. The maximum absolute atomic E-state index is 13.0. The molecule has 4 aliphatic heterocycles. The Bertz CT molecular complexity index is 1030. The van der Waals surface area contributed by atoms with Crippen LogP contribution in [0.15, 0.2) is 35.0 Å². The molecule has 1 aromatic carbocycles. The van der Waals surface area contributed by atoms with Crippen LogP contribution >= 0.6 is 0 Å². The lowest BCUT2D eigenvalue weighted by Crippen LogP contribution is -2.57. The molecule has 156 valence electrons. The van der Waals surface area contributed by atoms with Crippen LogP contribution in [0.25, 0.3) is 0 Å². The zero-order valence-corrected chi connectivity index (χ0v) is 16.3. The molecule has 0 saturated carbocycles. The van der Waals surface area contributed by atoms with Crippen molar-refractivity contribution >= 4 is 23.7 Å². The molecule has 4 aliphatic rings. The van der Waals surface area contributed by atoms with E-state index in [1.807, 2.05) is 6.07 Å². The Labute approximate surface area is 172 Å². The van der Waals surface area contributed by atoms with Gasteiger partial charge in [0.05, 0.1) is 19.5 Å². The van der Waals surface area contributed by atoms with Crippen LogP contribution in [0.5, 0.6) is 5.75 Å². The van der Waals surface area contributed by atoms with E-state index in [0.717, 1.165) is 5.56 Å². The lowest BCUT2D eigenvalue weighted by Gasteiger charge is -2.32. The Balaban J connectivity index is 1.47. The average Bonchev–Trinajstić information content (AvgIpc) is 3.36. The van der Waals surface area contributed by atoms with Gasteiger partial charge >= 0.3 is 6.03 Å². The van der Waals surface area contributed by atoms with Crippen molar-refractivity contribution in [2.75, 3.05) is 13.7 Å². The lowest BCUT2D eigenvalue weighted by molar-refractivity contribution is -0.124. The number of aliphatic imine (C=N–C) groups is 1. The number of methoxy groups -OCH3 is 1. The Morgan fingerprint density at radius 2 is 2.20 bits per heavy atom. The number of hydrogen-bond donors (Lipinski definition) is 3. The van der Waals surface area contributed by atoms with Crippen LogP contribution in [0.4, 0.5) is 4.79 Å². The number of fused-ring (bicyclic) bond motifs is 2. The van der Waals surface area contributed by atoms with Gasteiger partial charge in [-0.15, -0.1) is 0 Å². The van der Waals surface area contributed by atoms with Gasteiger partial charge < -0.3 is 25.4 Å². The van der Waals surface area contributed by atoms with E-state index in [1.165, 1.54) is 12.0 Å². The number of nitrogens with one attached hydrogen (secondary N) is 2. The van der Waals surface area contributed by atoms with Crippen molar-refractivity contribution in [1.29, 1.82) is 0 Å². The zero-order chi connectivity index (χ0) is 21.0. The third-order valence-electron chi connectivity index (χ3n) is 5.97. The van der Waals surface area contributed by atoms with Crippen molar-refractivity contribution in [3.63, 3.8) is 0 Å². The molecule has 3 atom stereocenters. The average molecular weight is 411 g/mol. The molecule has 4 heterocycles. The first kappa shape index (κ1) is 18.5. The Kier molecular flexibility index (Phi) is 3.99. The van der Waals surface area contributed by atoms with Gasteiger partial charge in [0.15, 0.2) is 5.54 Å². The Hall–Kier alpha value is -3.56. The first-order valence-electron chi connectivity index (χ1n) is 9.70. The third kappa shape index (κ3) is 2.71. The van der Waals surface area contributed by atoms with Gasteiger partial charge in [-0.2, -0.15) is 0 Å². The maximum Gasteiger partial charge on any atom is 0.322 e. The number of nitrogens with two attached hydrogens (primary N) is 1. The highest BCUT2D eigenvalue weighted by atomic mass is 16.5. The highest BCUT2D eigenvalue weighted by Crippen LogP contribution is 2.36. The maximum atomic E-state index is 13.0. The number of hydrogen-bond acceptors (Lipinski definition) is 7. The monoisotopic (exact) mass is 411 g/mol. The summed E-state index contributed by atoms with van der Waals surface area (Å²) in [6.07, 6.45) is 2.75. The highest BCUT2D eigenvalue weighted by molar-refractivity contribution is 6.09. The molecule has 10 nitrogen and oxygen atoms in total. The summed E-state index contributed by atoms with van der Waals surface area (Å²) in [5.41, 5.74) is 5.68. The van der Waals surface area contributed by atoms with E-state index < -0.39 is 17.5 Å². The number of benzene rings is 1. The Morgan fingerprint density at radius 3 is 2.93 bits per heavy atom. The second kappa shape index (κ2) is 6.48. The number of imide groups is 1. The molecular weight excluding hydrogens is 390 g/mol. The van der Waals surface area contributed by atoms with E-state index in [4.69, 9.17) is 15.2 Å². The third-order valence-corrected chi connectivity index (χ3v) is 5.97. The smallest absolute Gasteiger partial charge is 0.322 e. The van der Waals surface area contributed by atoms with E-state index in [-0.39, 0.29) is 24.6 Å². The summed E-state index contributed by atoms with van der Waals surface area (Å²) in [4.78, 5) is 43.9. The fraction of sp³-hybridized carbons (Fsp3) is 0.400. The summed E-state index contributed by atoms with van der Waals surface area (Å²) in [5.74, 6) is 0.601. The van der Waals surface area contributed by atoms with Crippen molar-refractivity contribution in [1.82, 2.24) is 15.5 Å². The number of urea groups is 1. The fourth-order valence-electron chi connectivity index (χ4n) is 4.41. The molecule has 30 heavy (non-hydrogen) atoms. The van der Waals surface area contributed by atoms with Crippen LogP contribution in [0.1, 0.15) is 28.8 Å². The van der Waals surface area contributed by atoms with Crippen molar-refractivity contribution in [2.24, 2.45) is 10.7 Å². The number of carbonyl (C=O) groups is 3. The summed E-state index contributed by atoms with van der Waals surface area (Å²) in [6, 6.07) is 4.34. The summed E-state index contributed by atoms with van der Waals surface area (Å²) in [6.45, 7) is 0.249. The number of nitrogens with zero attached hydrogens (tertiary/aromatic N) is 2. The lowest BCUT2D eigenvalue weighted by atomic mass is 9.95. The minimum Gasteiger partial charge on any atom is -0.497 e. The summed E-state index contributed by atoms with van der Waals surface area (Å²) >= 11 is 0. The highest BCUT2D eigenvalue weighted by Gasteiger charge is 2.55. The summed E-state index contributed by atoms with van der Waals surface area (Å²) in [7, 11) is 1.53. The van der Waals surface area contributed by atoms with Crippen molar-refractivity contribution in [2.45, 2.75) is 37.1 Å². The van der Waals surface area contributed by atoms with Crippen LogP contribution in [0, 0.1) is 0 Å². The van der Waals surface area contributed by atoms with E-state index in [0.29, 0.717) is 42.3 Å². The molecule has 5 rings (SSSR count). The van der Waals surface area contributed by atoms with Gasteiger partial charge in [-0.25, -0.2) is 4.79 Å². The first-order valence-corrected chi connectivity index (χ1v) is 9.70. The largest absolute Gasteiger partial charge is 0.497 e. The number of ether oxygens (including phenoxy) is 2. The van der Waals surface area contributed by atoms with Crippen LogP contribution in [0.2, 0.25) is 0 Å². The Morgan fingerprint density at radius 1 is 1.37 bits per heavy atom. The second-order valence-corrected chi connectivity index (χ2v) is 7.83. The normalized spacial score (nSPS) is 29.5. The number of amidine groups is 1. The van der Waals surface area contributed by atoms with Gasteiger partial charge in [-0.05, 0) is 30.2 Å². The molecule has 0 bridgehead atoms. The molecule has 1 fully saturated rings. The van der Waals surface area contributed by atoms with Gasteiger partial charge in [0, 0.05) is 18.5 Å². The fourth-order valence-corrected chi connectivity index (χ4v) is 4.41. The molecule has 4 amide bonds. The number of amides is 4. The van der Waals surface area contributed by atoms with Crippen molar-refractivity contribution in [3.05, 3.63) is 41.2 Å². The molecule has 0 spiro atoms. The molecular formula is C20H21N5O5. The van der Waals surface area contributed by atoms with Gasteiger partial charge in [-0.3, -0.25) is 19.9 Å². The van der Waals surface area contributed by atoms with E-state index in [2.05, 4.69) is 15.6 Å². The van der Waals surface area contributed by atoms with Gasteiger partial charge in [0.25, 0.3) is 11.8 Å². The van der Waals surface area contributed by atoms with Gasteiger partial charge in [-0.1, -0.05) is 6.07 Å². The van der Waals surface area contributed by atoms with Gasteiger partial charge in [0.2, 0.25) is 0 Å². The molecule has 0 aliphatic carbocycles. The zero-order valence-electron chi connectivity index (χ0n) is 16.3. The molecule has 4 N–H and O–H groups in total.